The molecule has 0 saturated carbocycles. The maximum Gasteiger partial charge on any atom is 0.273 e. The normalized spacial score (nSPS) is 17.1. The molecular weight excluding hydrogens is 394 g/mol. The number of carbonyl (C=O) groups excluding carboxylic acids is 1. The van der Waals surface area contributed by atoms with E-state index in [1.54, 1.807) is 13.0 Å². The molecule has 1 unspecified atom stereocenters. The van der Waals surface area contributed by atoms with Crippen LogP contribution in [0.4, 0.5) is 5.69 Å². The molecule has 0 bridgehead atoms. The maximum atomic E-state index is 12.6. The van der Waals surface area contributed by atoms with Crippen LogP contribution in [0, 0.1) is 6.92 Å². The Labute approximate surface area is 170 Å². The first-order valence-corrected chi connectivity index (χ1v) is 10.9. The van der Waals surface area contributed by atoms with Gasteiger partial charge in [0, 0.05) is 23.4 Å². The Balaban J connectivity index is 2.72. The van der Waals surface area contributed by atoms with E-state index in [4.69, 9.17) is 5.73 Å². The number of nitrogens with zero attached hydrogens (tertiary/aromatic N) is 1. The molecule has 1 aliphatic rings. The molecule has 1 aromatic rings. The summed E-state index contributed by atoms with van der Waals surface area (Å²) in [6.45, 7) is 9.51. The first-order valence-electron chi connectivity index (χ1n) is 9.29. The number of pyridine rings is 1. The SMILES string of the molecule is C=C1C(CNC=O)=C(c2cc(C)[nH]c(=O)c2NS(=O)(=O)CCCC)C(N)=NC1C. The third-order valence-electron chi connectivity index (χ3n) is 4.61. The Bertz CT molecular complexity index is 1040. The molecule has 9 nitrogen and oxygen atoms in total. The van der Waals surface area contributed by atoms with E-state index < -0.39 is 15.6 Å². The lowest BCUT2D eigenvalue weighted by atomic mass is 9.88. The van der Waals surface area contributed by atoms with Gasteiger partial charge in [-0.05, 0) is 37.5 Å². The molecule has 1 aliphatic heterocycles. The van der Waals surface area contributed by atoms with Crippen LogP contribution in [0.15, 0.2) is 33.6 Å². The highest BCUT2D eigenvalue weighted by atomic mass is 32.2. The van der Waals surface area contributed by atoms with E-state index in [0.29, 0.717) is 47.2 Å². The molecule has 2 rings (SSSR count). The summed E-state index contributed by atoms with van der Waals surface area (Å²) in [7, 11) is -3.74. The van der Waals surface area contributed by atoms with Gasteiger partial charge in [-0.25, -0.2) is 8.42 Å². The van der Waals surface area contributed by atoms with Gasteiger partial charge in [0.25, 0.3) is 5.56 Å². The third-order valence-corrected chi connectivity index (χ3v) is 5.95. The number of nitrogens with two attached hydrogens (primary N) is 1. The van der Waals surface area contributed by atoms with Gasteiger partial charge in [-0.1, -0.05) is 19.9 Å². The molecule has 0 aliphatic carbocycles. The van der Waals surface area contributed by atoms with Gasteiger partial charge in [0.05, 0.1) is 11.8 Å². The van der Waals surface area contributed by atoms with Gasteiger partial charge in [0.2, 0.25) is 16.4 Å². The lowest BCUT2D eigenvalue weighted by molar-refractivity contribution is -0.109. The van der Waals surface area contributed by atoms with Crippen molar-refractivity contribution >= 4 is 33.5 Å². The molecule has 0 aromatic carbocycles. The summed E-state index contributed by atoms with van der Waals surface area (Å²) in [5.74, 6) is 0.0360. The second-order valence-corrected chi connectivity index (χ2v) is 8.75. The number of nitrogens with one attached hydrogen (secondary N) is 3. The van der Waals surface area contributed by atoms with Crippen LogP contribution in [0.25, 0.3) is 5.57 Å². The molecule has 0 fully saturated rings. The number of H-pyrrole nitrogens is 1. The van der Waals surface area contributed by atoms with Crippen molar-refractivity contribution in [1.82, 2.24) is 10.3 Å². The molecule has 158 valence electrons. The van der Waals surface area contributed by atoms with Gasteiger partial charge in [-0.2, -0.15) is 0 Å². The zero-order chi connectivity index (χ0) is 21.8. The Kier molecular flexibility index (Phi) is 7.02. The topological polar surface area (TPSA) is 147 Å². The molecule has 1 aromatic heterocycles. The summed E-state index contributed by atoms with van der Waals surface area (Å²) in [6.07, 6.45) is 1.70. The molecule has 0 spiro atoms. The molecule has 0 radical (unpaired) electrons. The number of aromatic amines is 1. The smallest absolute Gasteiger partial charge is 0.273 e. The molecule has 29 heavy (non-hydrogen) atoms. The van der Waals surface area contributed by atoms with Gasteiger partial charge in [-0.3, -0.25) is 19.3 Å². The van der Waals surface area contributed by atoms with Gasteiger partial charge < -0.3 is 16.0 Å². The quantitative estimate of drug-likeness (QED) is 0.440. The van der Waals surface area contributed by atoms with E-state index in [-0.39, 0.29) is 29.9 Å². The fraction of sp³-hybridized carbons (Fsp3) is 0.421. The number of amidine groups is 1. The van der Waals surface area contributed by atoms with E-state index in [0.717, 1.165) is 0 Å². The van der Waals surface area contributed by atoms with Gasteiger partial charge in [-0.15, -0.1) is 0 Å². The van der Waals surface area contributed by atoms with Crippen molar-refractivity contribution in [2.24, 2.45) is 10.7 Å². The number of aliphatic imine (C=N–C) groups is 1. The Morgan fingerprint density at radius 1 is 1.41 bits per heavy atom. The summed E-state index contributed by atoms with van der Waals surface area (Å²) in [5, 5.41) is 2.58. The highest BCUT2D eigenvalue weighted by molar-refractivity contribution is 7.92. The predicted molar refractivity (Wildman–Crippen MR) is 115 cm³/mol. The molecule has 1 atom stereocenters. The number of anilines is 1. The van der Waals surface area contributed by atoms with Crippen LogP contribution >= 0.6 is 0 Å². The summed E-state index contributed by atoms with van der Waals surface area (Å²) < 4.78 is 27.3. The molecule has 1 amide bonds. The third kappa shape index (κ3) is 5.14. The number of amides is 1. The predicted octanol–water partition coefficient (Wildman–Crippen LogP) is 1.04. The van der Waals surface area contributed by atoms with E-state index in [1.165, 1.54) is 0 Å². The van der Waals surface area contributed by atoms with Crippen molar-refractivity contribution in [3.05, 3.63) is 45.4 Å². The van der Waals surface area contributed by atoms with E-state index in [1.807, 2.05) is 13.8 Å². The number of aromatic nitrogens is 1. The minimum Gasteiger partial charge on any atom is -0.383 e. The number of carbonyl (C=O) groups is 1. The van der Waals surface area contributed by atoms with Gasteiger partial charge >= 0.3 is 0 Å². The molecule has 10 heteroatoms. The zero-order valence-electron chi connectivity index (χ0n) is 16.8. The van der Waals surface area contributed by atoms with Crippen LogP contribution in [-0.2, 0) is 14.8 Å². The second kappa shape index (κ2) is 9.08. The number of aryl methyl sites for hydroxylation is 1. The summed E-state index contributed by atoms with van der Waals surface area (Å²) in [4.78, 5) is 30.5. The fourth-order valence-corrected chi connectivity index (χ4v) is 4.38. The van der Waals surface area contributed by atoms with Crippen LogP contribution in [0.1, 0.15) is 37.9 Å². The van der Waals surface area contributed by atoms with Crippen LogP contribution < -0.4 is 21.3 Å². The Hall–Kier alpha value is -2.88. The largest absolute Gasteiger partial charge is 0.383 e. The molecule has 0 saturated heterocycles. The Morgan fingerprint density at radius 2 is 2.10 bits per heavy atom. The highest BCUT2D eigenvalue weighted by Crippen LogP contribution is 2.33. The van der Waals surface area contributed by atoms with Crippen molar-refractivity contribution in [1.29, 1.82) is 0 Å². The number of unbranched alkanes of at least 4 members (excludes halogenated alkanes) is 1. The zero-order valence-corrected chi connectivity index (χ0v) is 17.6. The van der Waals surface area contributed by atoms with Gasteiger partial charge in [0.1, 0.15) is 11.5 Å². The maximum absolute atomic E-state index is 12.6. The standard InChI is InChI=1S/C19H27N5O4S/c1-5-6-7-29(27,28)24-17-14(8-11(2)22-19(17)26)16-15(9-21-10-25)12(3)13(4)23-18(16)20/h8,10,13,24H,3,5-7,9H2,1-2,4H3,(H2,20,23)(H,21,25)(H,22,26). The van der Waals surface area contributed by atoms with Crippen LogP contribution in [0.3, 0.4) is 0 Å². The minimum atomic E-state index is -3.74. The molecule has 5 N–H and O–H groups in total. The number of dihydropyridines is 1. The first-order chi connectivity index (χ1) is 13.6. The average Bonchev–Trinajstić information content (AvgIpc) is 2.64. The second-order valence-electron chi connectivity index (χ2n) is 6.91. The number of hydrogen-bond donors (Lipinski definition) is 4. The molecule has 2 heterocycles. The monoisotopic (exact) mass is 421 g/mol. The average molecular weight is 422 g/mol. The van der Waals surface area contributed by atoms with E-state index >= 15 is 0 Å². The van der Waals surface area contributed by atoms with Crippen molar-refractivity contribution in [2.75, 3.05) is 17.0 Å². The van der Waals surface area contributed by atoms with E-state index in [9.17, 15) is 18.0 Å². The van der Waals surface area contributed by atoms with Crippen molar-refractivity contribution in [3.8, 4) is 0 Å². The molecular formula is C19H27N5O4S. The van der Waals surface area contributed by atoms with Gasteiger partial charge in [0.15, 0.2) is 0 Å². The van der Waals surface area contributed by atoms with Crippen molar-refractivity contribution in [3.63, 3.8) is 0 Å². The first kappa shape index (κ1) is 22.4. The number of sulfonamides is 1. The Morgan fingerprint density at radius 3 is 2.72 bits per heavy atom. The van der Waals surface area contributed by atoms with Crippen molar-refractivity contribution in [2.45, 2.75) is 39.7 Å². The van der Waals surface area contributed by atoms with E-state index in [2.05, 4.69) is 26.6 Å². The van der Waals surface area contributed by atoms with Crippen LogP contribution in [-0.4, -0.2) is 44.0 Å². The lowest BCUT2D eigenvalue weighted by Gasteiger charge is -2.26. The lowest BCUT2D eigenvalue weighted by Crippen LogP contribution is -2.31. The summed E-state index contributed by atoms with van der Waals surface area (Å²) in [5.41, 5.74) is 7.88. The summed E-state index contributed by atoms with van der Waals surface area (Å²) in [6, 6.07) is 1.32. The summed E-state index contributed by atoms with van der Waals surface area (Å²) >= 11 is 0. The van der Waals surface area contributed by atoms with Crippen LogP contribution in [0.5, 0.6) is 0 Å². The highest BCUT2D eigenvalue weighted by Gasteiger charge is 2.28. The number of rotatable bonds is 9. The minimum absolute atomic E-state index is 0.109. The number of hydrogen-bond acceptors (Lipinski definition) is 6. The van der Waals surface area contributed by atoms with Crippen molar-refractivity contribution < 1.29 is 13.2 Å². The fourth-order valence-electron chi connectivity index (χ4n) is 3.09. The van der Waals surface area contributed by atoms with Crippen LogP contribution in [0.2, 0.25) is 0 Å².